The number of nitrogens with one attached hydrogen (secondary N) is 1. The molecule has 0 bridgehead atoms. The Labute approximate surface area is 186 Å². The number of halogens is 2. The van der Waals surface area contributed by atoms with Crippen molar-refractivity contribution < 1.29 is 19.2 Å². The van der Waals surface area contributed by atoms with Crippen LogP contribution in [0.3, 0.4) is 0 Å². The van der Waals surface area contributed by atoms with Crippen molar-refractivity contribution in [2.75, 3.05) is 0 Å². The lowest BCUT2D eigenvalue weighted by molar-refractivity contribution is -0.385. The molecule has 3 rings (SSSR count). The van der Waals surface area contributed by atoms with E-state index in [9.17, 15) is 19.7 Å². The molecular weight excluding hydrogens is 445 g/mol. The van der Waals surface area contributed by atoms with Crippen molar-refractivity contribution in [1.82, 2.24) is 5.43 Å². The zero-order valence-electron chi connectivity index (χ0n) is 15.6. The zero-order chi connectivity index (χ0) is 22.4. The molecule has 8 nitrogen and oxygen atoms in total. The number of amides is 1. The molecule has 0 atom stereocenters. The fourth-order valence-electron chi connectivity index (χ4n) is 2.52. The maximum absolute atomic E-state index is 12.6. The highest BCUT2D eigenvalue weighted by molar-refractivity contribution is 6.36. The van der Waals surface area contributed by atoms with Crippen LogP contribution in [0.2, 0.25) is 10.0 Å². The number of carbonyl (C=O) groups excluding carboxylic acids is 2. The quantitative estimate of drug-likeness (QED) is 0.186. The highest BCUT2D eigenvalue weighted by Gasteiger charge is 2.23. The molecular formula is C21H13Cl2N3O5. The first kappa shape index (κ1) is 21.9. The van der Waals surface area contributed by atoms with Gasteiger partial charge in [0.1, 0.15) is 0 Å². The van der Waals surface area contributed by atoms with Gasteiger partial charge < -0.3 is 4.74 Å². The Balaban J connectivity index is 1.87. The lowest BCUT2D eigenvalue weighted by Crippen LogP contribution is -2.17. The fourth-order valence-corrected chi connectivity index (χ4v) is 3.00. The molecule has 1 N–H and O–H groups in total. The van der Waals surface area contributed by atoms with Crippen LogP contribution in [0.5, 0.6) is 5.75 Å². The third-order valence-electron chi connectivity index (χ3n) is 3.97. The summed E-state index contributed by atoms with van der Waals surface area (Å²) < 4.78 is 5.27. The van der Waals surface area contributed by atoms with Gasteiger partial charge in [-0.2, -0.15) is 5.10 Å². The van der Waals surface area contributed by atoms with E-state index in [4.69, 9.17) is 27.9 Å². The highest BCUT2D eigenvalue weighted by atomic mass is 35.5. The number of nitro groups is 1. The van der Waals surface area contributed by atoms with Gasteiger partial charge in [-0.1, -0.05) is 47.5 Å². The Kier molecular flexibility index (Phi) is 6.96. The normalized spacial score (nSPS) is 10.6. The maximum atomic E-state index is 12.6. The number of nitrogens with zero attached hydrogens (tertiary/aromatic N) is 2. The molecule has 0 fully saturated rings. The molecule has 10 heteroatoms. The van der Waals surface area contributed by atoms with Crippen LogP contribution in [0.4, 0.5) is 5.69 Å². The first-order valence-corrected chi connectivity index (χ1v) is 9.45. The Morgan fingerprint density at radius 3 is 2.45 bits per heavy atom. The SMILES string of the molecule is O=C(N/N=C/c1cccc([N+](=O)[O-])c1OC(=O)c1ccc(Cl)cc1Cl)c1ccccc1. The van der Waals surface area contributed by atoms with Crippen molar-refractivity contribution >= 4 is 47.0 Å². The van der Waals surface area contributed by atoms with Crippen LogP contribution in [-0.2, 0) is 0 Å². The van der Waals surface area contributed by atoms with Gasteiger partial charge in [-0.15, -0.1) is 0 Å². The van der Waals surface area contributed by atoms with Gasteiger partial charge >= 0.3 is 11.7 Å². The van der Waals surface area contributed by atoms with Crippen molar-refractivity contribution in [3.63, 3.8) is 0 Å². The van der Waals surface area contributed by atoms with E-state index in [1.807, 2.05) is 0 Å². The first-order chi connectivity index (χ1) is 14.9. The summed E-state index contributed by atoms with van der Waals surface area (Å²) in [5, 5.41) is 15.6. The summed E-state index contributed by atoms with van der Waals surface area (Å²) in [4.78, 5) is 35.4. The van der Waals surface area contributed by atoms with Crippen molar-refractivity contribution in [2.24, 2.45) is 5.10 Å². The Hall–Kier alpha value is -3.75. The molecule has 0 saturated carbocycles. The van der Waals surface area contributed by atoms with Crippen molar-refractivity contribution in [2.45, 2.75) is 0 Å². The van der Waals surface area contributed by atoms with E-state index in [2.05, 4.69) is 10.5 Å². The second kappa shape index (κ2) is 9.84. The van der Waals surface area contributed by atoms with Crippen LogP contribution in [0.1, 0.15) is 26.3 Å². The highest BCUT2D eigenvalue weighted by Crippen LogP contribution is 2.31. The molecule has 31 heavy (non-hydrogen) atoms. The van der Waals surface area contributed by atoms with Crippen molar-refractivity contribution in [1.29, 1.82) is 0 Å². The largest absolute Gasteiger partial charge is 0.415 e. The van der Waals surface area contributed by atoms with Crippen molar-refractivity contribution in [3.8, 4) is 5.75 Å². The second-order valence-electron chi connectivity index (χ2n) is 6.03. The molecule has 0 radical (unpaired) electrons. The smallest absolute Gasteiger partial charge is 0.345 e. The Morgan fingerprint density at radius 2 is 1.77 bits per heavy atom. The van der Waals surface area contributed by atoms with E-state index >= 15 is 0 Å². The standard InChI is InChI=1S/C21H13Cl2N3O5/c22-15-9-10-16(17(23)11-15)21(28)31-19-14(7-4-8-18(19)26(29)30)12-24-25-20(27)13-5-2-1-3-6-13/h1-12H,(H,25,27)/b24-12+. The van der Waals surface area contributed by atoms with Crippen LogP contribution in [0.25, 0.3) is 0 Å². The van der Waals surface area contributed by atoms with E-state index in [1.165, 1.54) is 36.4 Å². The number of esters is 1. The molecule has 0 aliphatic rings. The van der Waals surface area contributed by atoms with Crippen LogP contribution in [-0.4, -0.2) is 23.0 Å². The number of para-hydroxylation sites is 1. The van der Waals surface area contributed by atoms with Crippen molar-refractivity contribution in [3.05, 3.63) is 104 Å². The van der Waals surface area contributed by atoms with Crippen LogP contribution in [0.15, 0.2) is 71.8 Å². The minimum Gasteiger partial charge on any atom is -0.415 e. The molecule has 1 amide bonds. The van der Waals surface area contributed by atoms with Crippen LogP contribution in [0, 0.1) is 10.1 Å². The van der Waals surface area contributed by atoms with E-state index in [-0.39, 0.29) is 21.9 Å². The number of hydrogen-bond donors (Lipinski definition) is 1. The molecule has 3 aromatic rings. The molecule has 0 aliphatic carbocycles. The number of hydrogen-bond acceptors (Lipinski definition) is 6. The summed E-state index contributed by atoms with van der Waals surface area (Å²) in [6, 6.07) is 16.5. The first-order valence-electron chi connectivity index (χ1n) is 8.70. The molecule has 0 heterocycles. The lowest BCUT2D eigenvalue weighted by Gasteiger charge is -2.09. The van der Waals surface area contributed by atoms with Gasteiger partial charge in [0.25, 0.3) is 5.91 Å². The monoisotopic (exact) mass is 457 g/mol. The lowest BCUT2D eigenvalue weighted by atomic mass is 10.1. The van der Waals surface area contributed by atoms with Crippen LogP contribution < -0.4 is 10.2 Å². The molecule has 0 saturated heterocycles. The molecule has 0 aliphatic heterocycles. The van der Waals surface area contributed by atoms with Gasteiger partial charge in [0.2, 0.25) is 5.75 Å². The molecule has 0 aromatic heterocycles. The molecule has 3 aromatic carbocycles. The van der Waals surface area contributed by atoms with Gasteiger partial charge in [0.15, 0.2) is 0 Å². The van der Waals surface area contributed by atoms with Gasteiger partial charge in [-0.3, -0.25) is 14.9 Å². The average molecular weight is 458 g/mol. The third-order valence-corrected chi connectivity index (χ3v) is 4.52. The minimum absolute atomic E-state index is 0.0236. The predicted octanol–water partition coefficient (Wildman–Crippen LogP) is 4.88. The maximum Gasteiger partial charge on any atom is 0.345 e. The Bertz CT molecular complexity index is 1180. The fraction of sp³-hybridized carbons (Fsp3) is 0. The topological polar surface area (TPSA) is 111 Å². The third kappa shape index (κ3) is 5.44. The summed E-state index contributed by atoms with van der Waals surface area (Å²) in [5.74, 6) is -1.74. The summed E-state index contributed by atoms with van der Waals surface area (Å²) in [7, 11) is 0. The van der Waals surface area contributed by atoms with Gasteiger partial charge in [0, 0.05) is 22.2 Å². The zero-order valence-corrected chi connectivity index (χ0v) is 17.1. The average Bonchev–Trinajstić information content (AvgIpc) is 2.75. The van der Waals surface area contributed by atoms with E-state index in [1.54, 1.807) is 30.3 Å². The van der Waals surface area contributed by atoms with Gasteiger partial charge in [-0.05, 0) is 36.4 Å². The molecule has 0 spiro atoms. The van der Waals surface area contributed by atoms with E-state index in [0.717, 1.165) is 6.21 Å². The summed E-state index contributed by atoms with van der Waals surface area (Å²) in [6.45, 7) is 0. The number of hydrazone groups is 1. The number of ether oxygens (including phenoxy) is 1. The van der Waals surface area contributed by atoms with Gasteiger partial charge in [-0.25, -0.2) is 10.2 Å². The number of benzene rings is 3. The van der Waals surface area contributed by atoms with E-state index < -0.39 is 22.5 Å². The van der Waals surface area contributed by atoms with Gasteiger partial charge in [0.05, 0.1) is 21.7 Å². The summed E-state index contributed by atoms with van der Waals surface area (Å²) in [6.07, 6.45) is 1.14. The molecule has 0 unspecified atom stereocenters. The Morgan fingerprint density at radius 1 is 1.03 bits per heavy atom. The summed E-state index contributed by atoms with van der Waals surface area (Å²) >= 11 is 11.8. The summed E-state index contributed by atoms with van der Waals surface area (Å²) in [5.41, 5.74) is 2.30. The number of nitro benzene ring substituents is 1. The predicted molar refractivity (Wildman–Crippen MR) is 116 cm³/mol. The van der Waals surface area contributed by atoms with E-state index in [0.29, 0.717) is 10.6 Å². The van der Waals surface area contributed by atoms with Crippen LogP contribution >= 0.6 is 23.2 Å². The number of rotatable bonds is 6. The second-order valence-corrected chi connectivity index (χ2v) is 6.88. The molecule has 156 valence electrons. The minimum atomic E-state index is -0.918. The number of carbonyl (C=O) groups is 2.